The molecular formula is C17H14N2. The standard InChI is InChI=1S/C17H14N2/c1-3-7-14-12(5-1)11-13-6-2-4-8-15(13)17(14)16-9-10-18-19-16/h1-11,16,18-19H. The van der Waals surface area contributed by atoms with Gasteiger partial charge in [0.15, 0.2) is 0 Å². The van der Waals surface area contributed by atoms with Crippen molar-refractivity contribution in [2.75, 3.05) is 0 Å². The van der Waals surface area contributed by atoms with E-state index >= 15 is 0 Å². The molecule has 0 amide bonds. The quantitative estimate of drug-likeness (QED) is 0.640. The van der Waals surface area contributed by atoms with Crippen molar-refractivity contribution in [3.05, 3.63) is 72.4 Å². The summed E-state index contributed by atoms with van der Waals surface area (Å²) in [6.07, 6.45) is 4.12. The van der Waals surface area contributed by atoms with Gasteiger partial charge in [0, 0.05) is 6.20 Å². The Morgan fingerprint density at radius 2 is 1.42 bits per heavy atom. The van der Waals surface area contributed by atoms with Crippen LogP contribution in [0.4, 0.5) is 0 Å². The van der Waals surface area contributed by atoms with Gasteiger partial charge in [-0.1, -0.05) is 48.5 Å². The van der Waals surface area contributed by atoms with Crippen LogP contribution in [-0.2, 0) is 0 Å². The van der Waals surface area contributed by atoms with Crippen LogP contribution in [-0.4, -0.2) is 0 Å². The van der Waals surface area contributed by atoms with E-state index in [1.165, 1.54) is 27.1 Å². The first-order valence-electron chi connectivity index (χ1n) is 6.51. The summed E-state index contributed by atoms with van der Waals surface area (Å²) < 4.78 is 0. The van der Waals surface area contributed by atoms with Crippen LogP contribution in [0, 0.1) is 0 Å². The fourth-order valence-electron chi connectivity index (χ4n) is 2.88. The first-order valence-corrected chi connectivity index (χ1v) is 6.51. The lowest BCUT2D eigenvalue weighted by molar-refractivity contribution is 0.616. The van der Waals surface area contributed by atoms with Crippen LogP contribution in [0.25, 0.3) is 21.5 Å². The minimum atomic E-state index is 0.219. The molecule has 1 aliphatic rings. The normalized spacial score (nSPS) is 18.0. The molecule has 1 aliphatic heterocycles. The predicted octanol–water partition coefficient (Wildman–Crippen LogP) is 3.66. The van der Waals surface area contributed by atoms with Gasteiger partial charge in [-0.25, -0.2) is 5.43 Å². The second-order valence-electron chi connectivity index (χ2n) is 4.86. The Bertz CT molecular complexity index is 735. The molecule has 0 saturated heterocycles. The smallest absolute Gasteiger partial charge is 0.0719 e. The maximum absolute atomic E-state index is 3.30. The molecule has 2 nitrogen and oxygen atoms in total. The lowest BCUT2D eigenvalue weighted by Gasteiger charge is -2.16. The maximum atomic E-state index is 3.30. The molecule has 2 N–H and O–H groups in total. The molecule has 0 bridgehead atoms. The topological polar surface area (TPSA) is 24.1 Å². The van der Waals surface area contributed by atoms with Crippen LogP contribution in [0.3, 0.4) is 0 Å². The monoisotopic (exact) mass is 246 g/mol. The molecule has 0 radical (unpaired) electrons. The van der Waals surface area contributed by atoms with Crippen molar-refractivity contribution in [1.29, 1.82) is 0 Å². The van der Waals surface area contributed by atoms with E-state index in [4.69, 9.17) is 0 Å². The minimum Gasteiger partial charge on any atom is -0.328 e. The van der Waals surface area contributed by atoms with Crippen LogP contribution in [0.1, 0.15) is 11.6 Å². The Labute approximate surface area is 111 Å². The van der Waals surface area contributed by atoms with Gasteiger partial charge in [-0.15, -0.1) is 0 Å². The third-order valence-corrected chi connectivity index (χ3v) is 3.73. The van der Waals surface area contributed by atoms with Crippen molar-refractivity contribution in [2.24, 2.45) is 0 Å². The molecule has 0 aromatic heterocycles. The van der Waals surface area contributed by atoms with E-state index in [1.807, 2.05) is 6.20 Å². The second kappa shape index (κ2) is 4.11. The summed E-state index contributed by atoms with van der Waals surface area (Å²) >= 11 is 0. The summed E-state index contributed by atoms with van der Waals surface area (Å²) in [5.41, 5.74) is 7.71. The molecule has 19 heavy (non-hydrogen) atoms. The van der Waals surface area contributed by atoms with E-state index < -0.39 is 0 Å². The summed E-state index contributed by atoms with van der Waals surface area (Å²) in [5, 5.41) is 5.20. The van der Waals surface area contributed by atoms with Gasteiger partial charge in [0.05, 0.1) is 6.04 Å². The molecule has 1 atom stereocenters. The average molecular weight is 246 g/mol. The number of fused-ring (bicyclic) bond motifs is 2. The summed E-state index contributed by atoms with van der Waals surface area (Å²) in [4.78, 5) is 0. The van der Waals surface area contributed by atoms with Gasteiger partial charge < -0.3 is 5.43 Å². The van der Waals surface area contributed by atoms with Crippen molar-refractivity contribution in [1.82, 2.24) is 10.9 Å². The first-order chi connectivity index (χ1) is 9.43. The van der Waals surface area contributed by atoms with E-state index in [0.717, 1.165) is 0 Å². The Hall–Kier alpha value is -2.32. The van der Waals surface area contributed by atoms with Crippen molar-refractivity contribution in [3.63, 3.8) is 0 Å². The highest BCUT2D eigenvalue weighted by Gasteiger charge is 2.17. The first kappa shape index (κ1) is 10.6. The number of rotatable bonds is 1. The van der Waals surface area contributed by atoms with Gasteiger partial charge in [-0.3, -0.25) is 0 Å². The largest absolute Gasteiger partial charge is 0.328 e. The molecule has 0 spiro atoms. The Morgan fingerprint density at radius 1 is 0.789 bits per heavy atom. The van der Waals surface area contributed by atoms with Crippen LogP contribution in [0.5, 0.6) is 0 Å². The number of hydrazine groups is 1. The highest BCUT2D eigenvalue weighted by atomic mass is 15.4. The molecule has 0 saturated carbocycles. The molecule has 2 heteroatoms. The zero-order chi connectivity index (χ0) is 12.7. The molecule has 0 fully saturated rings. The molecule has 0 aliphatic carbocycles. The Balaban J connectivity index is 2.16. The van der Waals surface area contributed by atoms with E-state index in [2.05, 4.69) is 71.5 Å². The molecular weight excluding hydrogens is 232 g/mol. The van der Waals surface area contributed by atoms with Gasteiger partial charge in [-0.05, 0) is 39.3 Å². The van der Waals surface area contributed by atoms with E-state index in [-0.39, 0.29) is 6.04 Å². The summed E-state index contributed by atoms with van der Waals surface area (Å²) in [7, 11) is 0. The van der Waals surface area contributed by atoms with Crippen molar-refractivity contribution < 1.29 is 0 Å². The molecule has 3 aromatic rings. The number of benzene rings is 3. The van der Waals surface area contributed by atoms with Crippen LogP contribution in [0.15, 0.2) is 66.9 Å². The average Bonchev–Trinajstić information content (AvgIpc) is 2.98. The predicted molar refractivity (Wildman–Crippen MR) is 79.6 cm³/mol. The third-order valence-electron chi connectivity index (χ3n) is 3.73. The molecule has 4 rings (SSSR count). The molecule has 1 unspecified atom stereocenters. The summed E-state index contributed by atoms with van der Waals surface area (Å²) in [6, 6.07) is 19.6. The van der Waals surface area contributed by atoms with E-state index in [0.29, 0.717) is 0 Å². The maximum Gasteiger partial charge on any atom is 0.0719 e. The van der Waals surface area contributed by atoms with Crippen molar-refractivity contribution in [3.8, 4) is 0 Å². The number of nitrogens with one attached hydrogen (secondary N) is 2. The highest BCUT2D eigenvalue weighted by Crippen LogP contribution is 2.33. The van der Waals surface area contributed by atoms with Gasteiger partial charge >= 0.3 is 0 Å². The van der Waals surface area contributed by atoms with Crippen LogP contribution in [0.2, 0.25) is 0 Å². The van der Waals surface area contributed by atoms with Crippen molar-refractivity contribution in [2.45, 2.75) is 6.04 Å². The third kappa shape index (κ3) is 1.61. The lowest BCUT2D eigenvalue weighted by atomic mass is 9.92. The molecule has 92 valence electrons. The Kier molecular flexibility index (Phi) is 2.29. The molecule has 1 heterocycles. The fraction of sp³-hybridized carbons (Fsp3) is 0.0588. The number of hydrogen-bond donors (Lipinski definition) is 2. The Morgan fingerprint density at radius 3 is 2.00 bits per heavy atom. The van der Waals surface area contributed by atoms with Crippen molar-refractivity contribution >= 4 is 21.5 Å². The van der Waals surface area contributed by atoms with Gasteiger partial charge in [-0.2, -0.15) is 0 Å². The number of hydrogen-bond acceptors (Lipinski definition) is 2. The zero-order valence-corrected chi connectivity index (χ0v) is 10.4. The highest BCUT2D eigenvalue weighted by molar-refractivity contribution is 6.02. The minimum absolute atomic E-state index is 0.219. The molecule has 3 aromatic carbocycles. The van der Waals surface area contributed by atoms with Gasteiger partial charge in [0.1, 0.15) is 0 Å². The van der Waals surface area contributed by atoms with E-state index in [1.54, 1.807) is 0 Å². The van der Waals surface area contributed by atoms with Gasteiger partial charge in [0.25, 0.3) is 0 Å². The zero-order valence-electron chi connectivity index (χ0n) is 10.4. The van der Waals surface area contributed by atoms with Crippen LogP contribution < -0.4 is 10.9 Å². The van der Waals surface area contributed by atoms with Crippen LogP contribution >= 0.6 is 0 Å². The van der Waals surface area contributed by atoms with Gasteiger partial charge in [0.2, 0.25) is 0 Å². The van der Waals surface area contributed by atoms with E-state index in [9.17, 15) is 0 Å². The lowest BCUT2D eigenvalue weighted by Crippen LogP contribution is -2.24. The second-order valence-corrected chi connectivity index (χ2v) is 4.86. The SMILES string of the molecule is C1=CC(c2c3ccccc3cc3ccccc23)NN1. The summed E-state index contributed by atoms with van der Waals surface area (Å²) in [6.45, 7) is 0. The summed E-state index contributed by atoms with van der Waals surface area (Å²) in [5.74, 6) is 0. The fourth-order valence-corrected chi connectivity index (χ4v) is 2.88.